The summed E-state index contributed by atoms with van der Waals surface area (Å²) in [4.78, 5) is 31.8. The molecule has 0 aliphatic carbocycles. The molecule has 0 unspecified atom stereocenters. The molecule has 0 fully saturated rings. The lowest BCUT2D eigenvalue weighted by atomic mass is 10.0. The SMILES string of the molecule is CCNCC.O=C(O)c1ccc(C(=O)O)c(C(=O)O)c1. The highest BCUT2D eigenvalue weighted by molar-refractivity contribution is 6.03. The summed E-state index contributed by atoms with van der Waals surface area (Å²) in [6.45, 7) is 6.39. The highest BCUT2D eigenvalue weighted by Crippen LogP contribution is 2.12. The Balaban J connectivity index is 0.000000621. The van der Waals surface area contributed by atoms with Crippen molar-refractivity contribution in [1.82, 2.24) is 5.32 Å². The van der Waals surface area contributed by atoms with Gasteiger partial charge >= 0.3 is 17.9 Å². The van der Waals surface area contributed by atoms with Crippen molar-refractivity contribution in [3.05, 3.63) is 34.9 Å². The van der Waals surface area contributed by atoms with Crippen LogP contribution in [0, 0.1) is 0 Å². The standard InChI is InChI=1S/C9H6O6.C4H11N/c10-7(11)4-1-2-5(8(12)13)6(3-4)9(14)15;1-3-5-4-2/h1-3H,(H,10,11)(H,12,13)(H,14,15);5H,3-4H2,1-2H3. The molecule has 0 radical (unpaired) electrons. The minimum atomic E-state index is -1.48. The summed E-state index contributed by atoms with van der Waals surface area (Å²) < 4.78 is 0. The van der Waals surface area contributed by atoms with Crippen LogP contribution in [-0.2, 0) is 0 Å². The molecule has 1 rings (SSSR count). The Labute approximate surface area is 115 Å². The van der Waals surface area contributed by atoms with E-state index >= 15 is 0 Å². The fraction of sp³-hybridized carbons (Fsp3) is 0.308. The van der Waals surface area contributed by atoms with Crippen LogP contribution in [0.1, 0.15) is 44.9 Å². The van der Waals surface area contributed by atoms with Gasteiger partial charge in [0.05, 0.1) is 16.7 Å². The molecule has 7 nitrogen and oxygen atoms in total. The van der Waals surface area contributed by atoms with E-state index in [9.17, 15) is 14.4 Å². The predicted octanol–water partition coefficient (Wildman–Crippen LogP) is 1.40. The third-order valence-corrected chi connectivity index (χ3v) is 2.23. The fourth-order valence-corrected chi connectivity index (χ4v) is 1.29. The van der Waals surface area contributed by atoms with E-state index in [0.717, 1.165) is 31.3 Å². The second kappa shape index (κ2) is 8.65. The number of hydrogen-bond acceptors (Lipinski definition) is 4. The molecule has 0 amide bonds. The van der Waals surface area contributed by atoms with Crippen LogP contribution in [-0.4, -0.2) is 46.3 Å². The molecule has 0 bridgehead atoms. The fourth-order valence-electron chi connectivity index (χ4n) is 1.29. The quantitative estimate of drug-likeness (QED) is 0.643. The summed E-state index contributed by atoms with van der Waals surface area (Å²) in [5.41, 5.74) is -1.24. The zero-order valence-corrected chi connectivity index (χ0v) is 11.2. The van der Waals surface area contributed by atoms with Crippen molar-refractivity contribution in [2.45, 2.75) is 13.8 Å². The van der Waals surface area contributed by atoms with Gasteiger partial charge in [-0.3, -0.25) is 0 Å². The van der Waals surface area contributed by atoms with E-state index in [0.29, 0.717) is 0 Å². The minimum Gasteiger partial charge on any atom is -0.478 e. The van der Waals surface area contributed by atoms with E-state index in [1.807, 2.05) is 0 Å². The lowest BCUT2D eigenvalue weighted by molar-refractivity contribution is 0.0649. The van der Waals surface area contributed by atoms with Crippen molar-refractivity contribution in [3.8, 4) is 0 Å². The molecule has 0 spiro atoms. The van der Waals surface area contributed by atoms with Crippen molar-refractivity contribution in [2.75, 3.05) is 13.1 Å². The molecule has 20 heavy (non-hydrogen) atoms. The highest BCUT2D eigenvalue weighted by atomic mass is 16.4. The smallest absolute Gasteiger partial charge is 0.336 e. The first kappa shape index (κ1) is 17.6. The number of carboxylic acids is 3. The van der Waals surface area contributed by atoms with Gasteiger partial charge in [0, 0.05) is 0 Å². The molecule has 1 aromatic carbocycles. The Kier molecular flexibility index (Phi) is 7.61. The first-order valence-corrected chi connectivity index (χ1v) is 5.89. The number of nitrogens with one attached hydrogen (secondary N) is 1. The second-order valence-electron chi connectivity index (χ2n) is 3.63. The van der Waals surface area contributed by atoms with Gasteiger partial charge in [-0.05, 0) is 31.3 Å². The molecule has 0 heterocycles. The second-order valence-corrected chi connectivity index (χ2v) is 3.63. The van der Waals surface area contributed by atoms with Crippen molar-refractivity contribution in [2.24, 2.45) is 0 Å². The Morgan fingerprint density at radius 1 is 0.900 bits per heavy atom. The summed E-state index contributed by atoms with van der Waals surface area (Å²) in [6, 6.07) is 2.81. The first-order valence-electron chi connectivity index (χ1n) is 5.89. The zero-order chi connectivity index (χ0) is 15.7. The van der Waals surface area contributed by atoms with E-state index in [4.69, 9.17) is 15.3 Å². The predicted molar refractivity (Wildman–Crippen MR) is 71.5 cm³/mol. The van der Waals surface area contributed by atoms with Gasteiger partial charge < -0.3 is 20.6 Å². The van der Waals surface area contributed by atoms with Crippen LogP contribution in [0.2, 0.25) is 0 Å². The number of hydrogen-bond donors (Lipinski definition) is 4. The van der Waals surface area contributed by atoms with Gasteiger partial charge in [-0.1, -0.05) is 13.8 Å². The normalized spacial score (nSPS) is 9.30. The molecular formula is C13H17NO6. The lowest BCUT2D eigenvalue weighted by Crippen LogP contribution is -2.10. The van der Waals surface area contributed by atoms with Gasteiger partial charge in [-0.15, -0.1) is 0 Å². The maximum Gasteiger partial charge on any atom is 0.336 e. The summed E-state index contributed by atoms with van der Waals surface area (Å²) >= 11 is 0. The van der Waals surface area contributed by atoms with E-state index in [1.54, 1.807) is 0 Å². The molecule has 0 aromatic heterocycles. The van der Waals surface area contributed by atoms with Crippen LogP contribution in [0.5, 0.6) is 0 Å². The number of carboxylic acid groups (broad SMARTS) is 3. The van der Waals surface area contributed by atoms with Gasteiger partial charge in [0.15, 0.2) is 0 Å². The van der Waals surface area contributed by atoms with E-state index in [-0.39, 0.29) is 5.56 Å². The Bertz CT molecular complexity index is 496. The molecule has 1 aromatic rings. The molecule has 0 saturated carbocycles. The van der Waals surface area contributed by atoms with Gasteiger partial charge in [-0.25, -0.2) is 14.4 Å². The summed E-state index contributed by atoms with van der Waals surface area (Å²) in [5.74, 6) is -4.20. The van der Waals surface area contributed by atoms with Gasteiger partial charge in [-0.2, -0.15) is 0 Å². The Morgan fingerprint density at radius 3 is 1.70 bits per heavy atom. The van der Waals surface area contributed by atoms with Crippen molar-refractivity contribution in [3.63, 3.8) is 0 Å². The van der Waals surface area contributed by atoms with Gasteiger partial charge in [0.1, 0.15) is 0 Å². The maximum absolute atomic E-state index is 10.6. The lowest BCUT2D eigenvalue weighted by Gasteiger charge is -2.02. The van der Waals surface area contributed by atoms with Crippen LogP contribution in [0.15, 0.2) is 18.2 Å². The summed E-state index contributed by atoms with van der Waals surface area (Å²) in [6.07, 6.45) is 0. The molecular weight excluding hydrogens is 266 g/mol. The van der Waals surface area contributed by atoms with Crippen LogP contribution in [0.25, 0.3) is 0 Å². The van der Waals surface area contributed by atoms with Crippen molar-refractivity contribution in [1.29, 1.82) is 0 Å². The molecule has 4 N–H and O–H groups in total. The first-order chi connectivity index (χ1) is 9.34. The van der Waals surface area contributed by atoms with Crippen LogP contribution < -0.4 is 5.32 Å². The van der Waals surface area contributed by atoms with E-state index in [1.165, 1.54) is 0 Å². The molecule has 0 aliphatic rings. The zero-order valence-electron chi connectivity index (χ0n) is 11.2. The van der Waals surface area contributed by atoms with Crippen LogP contribution in [0.4, 0.5) is 0 Å². The van der Waals surface area contributed by atoms with E-state index in [2.05, 4.69) is 19.2 Å². The maximum atomic E-state index is 10.6. The number of aromatic carboxylic acids is 3. The van der Waals surface area contributed by atoms with Gasteiger partial charge in [0.2, 0.25) is 0 Å². The van der Waals surface area contributed by atoms with Crippen molar-refractivity contribution >= 4 is 17.9 Å². The van der Waals surface area contributed by atoms with Gasteiger partial charge in [0.25, 0.3) is 0 Å². The Morgan fingerprint density at radius 2 is 1.40 bits per heavy atom. The van der Waals surface area contributed by atoms with E-state index < -0.39 is 29.0 Å². The highest BCUT2D eigenvalue weighted by Gasteiger charge is 2.17. The largest absolute Gasteiger partial charge is 0.478 e. The number of rotatable bonds is 5. The summed E-state index contributed by atoms with van der Waals surface area (Å²) in [5, 5.41) is 29.0. The average Bonchev–Trinajstić information content (AvgIpc) is 2.39. The van der Waals surface area contributed by atoms with Crippen LogP contribution in [0.3, 0.4) is 0 Å². The third-order valence-electron chi connectivity index (χ3n) is 2.23. The third kappa shape index (κ3) is 5.49. The number of benzene rings is 1. The molecule has 110 valence electrons. The molecule has 0 atom stereocenters. The topological polar surface area (TPSA) is 124 Å². The summed E-state index contributed by atoms with van der Waals surface area (Å²) in [7, 11) is 0. The molecule has 0 saturated heterocycles. The molecule has 7 heteroatoms. The molecule has 0 aliphatic heterocycles. The van der Waals surface area contributed by atoms with Crippen molar-refractivity contribution < 1.29 is 29.7 Å². The monoisotopic (exact) mass is 283 g/mol. The Hall–Kier alpha value is -2.41. The van der Waals surface area contributed by atoms with Crippen LogP contribution >= 0.6 is 0 Å². The average molecular weight is 283 g/mol. The minimum absolute atomic E-state index is 0.266. The number of carbonyl (C=O) groups is 3.